The van der Waals surface area contributed by atoms with Crippen molar-refractivity contribution in [1.29, 1.82) is 0 Å². The van der Waals surface area contributed by atoms with Gasteiger partial charge in [0.1, 0.15) is 5.60 Å². The molecule has 1 saturated heterocycles. The highest BCUT2D eigenvalue weighted by molar-refractivity contribution is 8.01. The Morgan fingerprint density at radius 2 is 1.86 bits per heavy atom. The summed E-state index contributed by atoms with van der Waals surface area (Å²) < 4.78 is 12.7. The summed E-state index contributed by atoms with van der Waals surface area (Å²) in [6, 6.07) is -0.133. The van der Waals surface area contributed by atoms with Crippen molar-refractivity contribution in [2.24, 2.45) is 0 Å². The first kappa shape index (κ1) is 26.5. The van der Waals surface area contributed by atoms with Crippen LogP contribution in [0.5, 0.6) is 0 Å². The SMILES string of the molecule is C#C.COC/C=C(/C)C(SN1CCN(C(=O)OC(C)(C)C)CC1CO)=C(C)C. The quantitative estimate of drug-likeness (QED) is 0.408. The number of ether oxygens (including phenoxy) is 2. The fraction of sp³-hybridized carbons (Fsp3) is 0.667. The van der Waals surface area contributed by atoms with Gasteiger partial charge in [0, 0.05) is 31.6 Å². The minimum Gasteiger partial charge on any atom is -0.444 e. The Kier molecular flexibility index (Phi) is 12.2. The van der Waals surface area contributed by atoms with Gasteiger partial charge in [0.05, 0.1) is 19.3 Å². The second kappa shape index (κ2) is 12.9. The second-order valence-electron chi connectivity index (χ2n) is 7.67. The number of aliphatic hydroxyl groups is 1. The van der Waals surface area contributed by atoms with E-state index in [2.05, 4.69) is 44.0 Å². The number of aliphatic hydroxyl groups excluding tert-OH is 1. The van der Waals surface area contributed by atoms with Crippen molar-refractivity contribution < 1.29 is 19.4 Å². The van der Waals surface area contributed by atoms with E-state index in [0.29, 0.717) is 26.2 Å². The van der Waals surface area contributed by atoms with E-state index < -0.39 is 5.60 Å². The molecular weight excluding hydrogens is 376 g/mol. The molecule has 1 fully saturated rings. The Morgan fingerprint density at radius 3 is 2.32 bits per heavy atom. The van der Waals surface area contributed by atoms with E-state index in [0.717, 1.165) is 5.57 Å². The van der Waals surface area contributed by atoms with Crippen LogP contribution < -0.4 is 0 Å². The number of amides is 1. The molecule has 0 bridgehead atoms. The Labute approximate surface area is 175 Å². The van der Waals surface area contributed by atoms with Crippen molar-refractivity contribution in [1.82, 2.24) is 9.21 Å². The number of terminal acetylenes is 1. The second-order valence-corrected chi connectivity index (χ2v) is 8.73. The minimum absolute atomic E-state index is 0.0107. The Bertz CT molecular complexity index is 575. The van der Waals surface area contributed by atoms with Crippen LogP contribution in [-0.2, 0) is 9.47 Å². The molecule has 28 heavy (non-hydrogen) atoms. The summed E-state index contributed by atoms with van der Waals surface area (Å²) in [5, 5.41) is 9.84. The summed E-state index contributed by atoms with van der Waals surface area (Å²) in [5.41, 5.74) is 1.85. The molecule has 1 unspecified atom stereocenters. The van der Waals surface area contributed by atoms with Gasteiger partial charge in [-0.1, -0.05) is 11.6 Å². The van der Waals surface area contributed by atoms with Gasteiger partial charge in [-0.2, -0.15) is 0 Å². The van der Waals surface area contributed by atoms with Gasteiger partial charge < -0.3 is 19.5 Å². The lowest BCUT2D eigenvalue weighted by Gasteiger charge is -2.40. The highest BCUT2D eigenvalue weighted by Crippen LogP contribution is 2.33. The average Bonchev–Trinajstić information content (AvgIpc) is 2.64. The van der Waals surface area contributed by atoms with Crippen LogP contribution in [0.3, 0.4) is 0 Å². The lowest BCUT2D eigenvalue weighted by molar-refractivity contribution is 0.0101. The van der Waals surface area contributed by atoms with E-state index in [1.807, 2.05) is 20.8 Å². The van der Waals surface area contributed by atoms with E-state index in [9.17, 15) is 9.90 Å². The molecule has 1 N–H and O–H groups in total. The van der Waals surface area contributed by atoms with Crippen LogP contribution in [0.1, 0.15) is 41.5 Å². The number of carbonyl (C=O) groups excluding carboxylic acids is 1. The Balaban J connectivity index is 0.00000352. The fourth-order valence-electron chi connectivity index (χ4n) is 2.58. The Hall–Kier alpha value is -1.46. The maximum absolute atomic E-state index is 12.3. The van der Waals surface area contributed by atoms with Gasteiger partial charge in [-0.15, -0.1) is 12.8 Å². The molecule has 0 spiro atoms. The summed E-state index contributed by atoms with van der Waals surface area (Å²) in [6.45, 7) is 14.1. The Morgan fingerprint density at radius 1 is 1.25 bits per heavy atom. The van der Waals surface area contributed by atoms with E-state index in [1.165, 1.54) is 10.5 Å². The lowest BCUT2D eigenvalue weighted by Crippen LogP contribution is -2.54. The first-order valence-corrected chi connectivity index (χ1v) is 10.1. The van der Waals surface area contributed by atoms with Gasteiger partial charge in [-0.05, 0) is 59.1 Å². The third-order valence-electron chi connectivity index (χ3n) is 3.87. The summed E-state index contributed by atoms with van der Waals surface area (Å²) >= 11 is 1.64. The molecule has 6 nitrogen and oxygen atoms in total. The zero-order valence-corrected chi connectivity index (χ0v) is 19.1. The molecule has 1 amide bonds. The van der Waals surface area contributed by atoms with Gasteiger partial charge >= 0.3 is 6.09 Å². The first-order chi connectivity index (χ1) is 13.1. The van der Waals surface area contributed by atoms with Crippen molar-refractivity contribution in [3.05, 3.63) is 22.1 Å². The predicted octanol–water partition coefficient (Wildman–Crippen LogP) is 3.68. The molecule has 1 aliphatic rings. The smallest absolute Gasteiger partial charge is 0.410 e. The third kappa shape index (κ3) is 9.16. The topological polar surface area (TPSA) is 62.2 Å². The largest absolute Gasteiger partial charge is 0.444 e. The number of allylic oxidation sites excluding steroid dienone is 2. The number of hydrogen-bond acceptors (Lipinski definition) is 6. The van der Waals surface area contributed by atoms with Crippen molar-refractivity contribution >= 4 is 18.0 Å². The number of carbonyl (C=O) groups is 1. The molecule has 0 radical (unpaired) electrons. The van der Waals surface area contributed by atoms with Crippen LogP contribution in [0.25, 0.3) is 0 Å². The van der Waals surface area contributed by atoms with Gasteiger partial charge in [0.15, 0.2) is 0 Å². The molecule has 1 heterocycles. The zero-order chi connectivity index (χ0) is 21.9. The summed E-state index contributed by atoms with van der Waals surface area (Å²) in [6.07, 6.45) is 9.74. The normalized spacial score (nSPS) is 18.1. The van der Waals surface area contributed by atoms with Gasteiger partial charge in [-0.25, -0.2) is 9.10 Å². The van der Waals surface area contributed by atoms with E-state index in [-0.39, 0.29) is 18.7 Å². The number of piperazine rings is 1. The standard InChI is InChI=1S/C19H34N2O4S.C2H2/c1-14(2)17(15(3)8-11-24-7)26-21-10-9-20(12-16(21)13-22)18(23)25-19(4,5)6;1-2/h8,16,22H,9-13H2,1-7H3;1-2H/b15-8-;. The van der Waals surface area contributed by atoms with Gasteiger partial charge in [0.2, 0.25) is 0 Å². The summed E-state index contributed by atoms with van der Waals surface area (Å²) in [7, 11) is 1.68. The highest BCUT2D eigenvalue weighted by Gasteiger charge is 2.32. The number of hydrogen-bond donors (Lipinski definition) is 1. The lowest BCUT2D eigenvalue weighted by atomic mass is 10.2. The molecule has 0 saturated carbocycles. The van der Waals surface area contributed by atoms with Crippen molar-refractivity contribution in [2.75, 3.05) is 40.0 Å². The van der Waals surface area contributed by atoms with E-state index in [4.69, 9.17) is 9.47 Å². The molecule has 0 aromatic heterocycles. The van der Waals surface area contributed by atoms with Crippen LogP contribution in [0.4, 0.5) is 4.79 Å². The maximum atomic E-state index is 12.3. The zero-order valence-electron chi connectivity index (χ0n) is 18.3. The average molecular weight is 413 g/mol. The molecule has 1 atom stereocenters. The van der Waals surface area contributed by atoms with Crippen molar-refractivity contribution in [3.8, 4) is 12.8 Å². The van der Waals surface area contributed by atoms with E-state index >= 15 is 0 Å². The molecule has 1 rings (SSSR count). The number of nitrogens with zero attached hydrogens (tertiary/aromatic N) is 2. The van der Waals surface area contributed by atoms with Crippen LogP contribution in [0.2, 0.25) is 0 Å². The number of methoxy groups -OCH3 is 1. The fourth-order valence-corrected chi connectivity index (χ4v) is 3.68. The molecular formula is C21H36N2O4S. The van der Waals surface area contributed by atoms with Crippen molar-refractivity contribution in [2.45, 2.75) is 53.2 Å². The third-order valence-corrected chi connectivity index (χ3v) is 5.50. The van der Waals surface area contributed by atoms with Gasteiger partial charge in [0.25, 0.3) is 0 Å². The van der Waals surface area contributed by atoms with Crippen LogP contribution in [-0.4, -0.2) is 72.0 Å². The summed E-state index contributed by atoms with van der Waals surface area (Å²) in [5.74, 6) is 0. The maximum Gasteiger partial charge on any atom is 0.410 e. The first-order valence-electron chi connectivity index (χ1n) is 9.29. The minimum atomic E-state index is -0.518. The molecule has 0 aliphatic carbocycles. The summed E-state index contributed by atoms with van der Waals surface area (Å²) in [4.78, 5) is 15.2. The monoisotopic (exact) mass is 412 g/mol. The number of rotatable bonds is 6. The molecule has 0 aromatic carbocycles. The predicted molar refractivity (Wildman–Crippen MR) is 117 cm³/mol. The van der Waals surface area contributed by atoms with Crippen LogP contribution >= 0.6 is 11.9 Å². The van der Waals surface area contributed by atoms with Crippen molar-refractivity contribution in [3.63, 3.8) is 0 Å². The molecule has 0 aromatic rings. The van der Waals surface area contributed by atoms with Crippen LogP contribution in [0.15, 0.2) is 22.1 Å². The van der Waals surface area contributed by atoms with Crippen LogP contribution in [0, 0.1) is 12.8 Å². The van der Waals surface area contributed by atoms with E-state index in [1.54, 1.807) is 24.0 Å². The molecule has 160 valence electrons. The highest BCUT2D eigenvalue weighted by atomic mass is 32.2. The van der Waals surface area contributed by atoms with Gasteiger partial charge in [-0.3, -0.25) is 0 Å². The molecule has 1 aliphatic heterocycles. The molecule has 7 heteroatoms.